The van der Waals surface area contributed by atoms with E-state index in [4.69, 9.17) is 4.74 Å². The summed E-state index contributed by atoms with van der Waals surface area (Å²) in [5.41, 5.74) is 0.124. The minimum Gasteiger partial charge on any atom is -0.370 e. The van der Waals surface area contributed by atoms with Crippen LogP contribution in [0.1, 0.15) is 19.3 Å². The number of ether oxygens (including phenoxy) is 1. The Kier molecular flexibility index (Phi) is 4.21. The molecule has 0 unspecified atom stereocenters. The van der Waals surface area contributed by atoms with Crippen molar-refractivity contribution in [1.29, 1.82) is 0 Å². The van der Waals surface area contributed by atoms with Crippen LogP contribution in [-0.4, -0.2) is 44.0 Å². The second-order valence-corrected chi connectivity index (χ2v) is 6.74. The molecule has 0 spiro atoms. The molecular weight excluding hydrogens is 338 g/mol. The Bertz CT molecular complexity index is 795. The van der Waals surface area contributed by atoms with Crippen molar-refractivity contribution in [3.05, 3.63) is 29.5 Å². The Morgan fingerprint density at radius 2 is 1.68 bits per heavy atom. The second kappa shape index (κ2) is 6.26. The van der Waals surface area contributed by atoms with Gasteiger partial charge in [0, 0.05) is 13.0 Å². The number of hydrogen-bond donors (Lipinski definition) is 2. The van der Waals surface area contributed by atoms with Crippen LogP contribution in [-0.2, 0) is 4.74 Å². The topological polar surface area (TPSA) is 37.0 Å². The van der Waals surface area contributed by atoms with Gasteiger partial charge in [-0.05, 0) is 12.8 Å². The number of quaternary nitrogens is 1. The zero-order valence-corrected chi connectivity index (χ0v) is 13.7. The zero-order chi connectivity index (χ0) is 17.6. The number of aromatic amines is 1. The van der Waals surface area contributed by atoms with E-state index >= 15 is 0 Å². The van der Waals surface area contributed by atoms with Crippen LogP contribution >= 0.6 is 0 Å². The molecule has 0 bridgehead atoms. The summed E-state index contributed by atoms with van der Waals surface area (Å²) < 4.78 is 61.9. The normalized spacial score (nSPS) is 23.9. The zero-order valence-electron chi connectivity index (χ0n) is 13.7. The van der Waals surface area contributed by atoms with Gasteiger partial charge in [-0.3, -0.25) is 9.80 Å². The number of benzene rings is 1. The average molecular weight is 358 g/mol. The van der Waals surface area contributed by atoms with Gasteiger partial charge in [0.15, 0.2) is 29.0 Å². The fourth-order valence-electron chi connectivity index (χ4n) is 4.22. The number of H-pyrrole nitrogens is 1. The smallest absolute Gasteiger partial charge is 0.199 e. The van der Waals surface area contributed by atoms with Crippen LogP contribution in [0.25, 0.3) is 10.9 Å². The molecule has 2 saturated heterocycles. The molecule has 1 aromatic carbocycles. The van der Waals surface area contributed by atoms with Crippen molar-refractivity contribution in [2.75, 3.05) is 32.8 Å². The minimum atomic E-state index is -1.79. The summed E-state index contributed by atoms with van der Waals surface area (Å²) in [6, 6.07) is 0. The van der Waals surface area contributed by atoms with Crippen molar-refractivity contribution < 1.29 is 22.3 Å². The van der Waals surface area contributed by atoms with Gasteiger partial charge in [0.25, 0.3) is 0 Å². The maximum Gasteiger partial charge on any atom is 0.199 e. The summed E-state index contributed by atoms with van der Waals surface area (Å²) in [7, 11) is 0. The second-order valence-electron chi connectivity index (χ2n) is 6.74. The highest BCUT2D eigenvalue weighted by Gasteiger charge is 2.44. The number of morpholine rings is 1. The van der Waals surface area contributed by atoms with Crippen LogP contribution in [0.2, 0.25) is 0 Å². The highest BCUT2D eigenvalue weighted by Crippen LogP contribution is 2.40. The van der Waals surface area contributed by atoms with Crippen molar-refractivity contribution in [3.8, 4) is 0 Å². The molecule has 4 rings (SSSR count). The molecule has 1 atom stereocenters. The van der Waals surface area contributed by atoms with Gasteiger partial charge in [-0.25, -0.2) is 17.6 Å². The van der Waals surface area contributed by atoms with Crippen LogP contribution in [0.4, 0.5) is 23.2 Å². The number of hydrogen-bond acceptors (Lipinski definition) is 2. The molecule has 2 N–H and O–H groups in total. The average Bonchev–Trinajstić information content (AvgIpc) is 3.12. The predicted octanol–water partition coefficient (Wildman–Crippen LogP) is 3.16. The highest BCUT2D eigenvalue weighted by molar-refractivity contribution is 5.93. The number of piperidine rings is 1. The lowest BCUT2D eigenvalue weighted by Crippen LogP contribution is -2.67. The third-order valence-electron chi connectivity index (χ3n) is 5.51. The van der Waals surface area contributed by atoms with Gasteiger partial charge in [0.2, 0.25) is 0 Å². The predicted molar refractivity (Wildman–Crippen MR) is 86.1 cm³/mol. The maximum atomic E-state index is 14.6. The third kappa shape index (κ3) is 2.46. The van der Waals surface area contributed by atoms with E-state index in [-0.39, 0.29) is 17.1 Å². The molecule has 0 saturated carbocycles. The van der Waals surface area contributed by atoms with Crippen LogP contribution in [0.5, 0.6) is 0 Å². The van der Waals surface area contributed by atoms with Crippen molar-refractivity contribution >= 4 is 16.6 Å². The molecule has 2 aliphatic heterocycles. The number of halogens is 4. The molecule has 1 aromatic heterocycles. The Labute approximate surface area is 142 Å². The highest BCUT2D eigenvalue weighted by atomic mass is 19.2. The minimum absolute atomic E-state index is 0.00669. The van der Waals surface area contributed by atoms with Crippen molar-refractivity contribution in [3.63, 3.8) is 0 Å². The van der Waals surface area contributed by atoms with Gasteiger partial charge < -0.3 is 9.72 Å². The van der Waals surface area contributed by atoms with E-state index in [1.165, 1.54) is 6.20 Å². The third-order valence-corrected chi connectivity index (χ3v) is 5.51. The molecule has 25 heavy (non-hydrogen) atoms. The molecule has 0 radical (unpaired) electrons. The standard InChI is InChI=1S/C17H20F4N3O/c18-13-12-10(9-23-17(12)16(21)15(20)14(13)19)24(5-7-25-8-6-24)11-3-1-2-4-22-11/h9,11,22-23H,1-8H2/q+1/t11-/m1/s1. The molecule has 136 valence electrons. The summed E-state index contributed by atoms with van der Waals surface area (Å²) in [6.45, 7) is 2.90. The number of aromatic nitrogens is 1. The van der Waals surface area contributed by atoms with Gasteiger partial charge in [0.1, 0.15) is 24.6 Å². The number of nitrogens with one attached hydrogen (secondary N) is 2. The van der Waals surface area contributed by atoms with E-state index in [1.54, 1.807) is 0 Å². The number of fused-ring (bicyclic) bond motifs is 1. The molecule has 2 fully saturated rings. The largest absolute Gasteiger partial charge is 0.370 e. The molecule has 4 nitrogen and oxygen atoms in total. The lowest BCUT2D eigenvalue weighted by atomic mass is 10.0. The molecular formula is C17H20F4N3O+. The summed E-state index contributed by atoms with van der Waals surface area (Å²) >= 11 is 0. The summed E-state index contributed by atoms with van der Waals surface area (Å²) in [6.07, 6.45) is 4.45. The molecule has 0 aliphatic carbocycles. The fraction of sp³-hybridized carbons (Fsp3) is 0.529. The first-order chi connectivity index (χ1) is 12.1. The van der Waals surface area contributed by atoms with Gasteiger partial charge in [-0.15, -0.1) is 0 Å². The lowest BCUT2D eigenvalue weighted by Gasteiger charge is -2.47. The SMILES string of the molecule is Fc1c(F)c(F)c2c([N+]3([C@@H]4CCCCN4)CCOCC3)c[nH]c2c1F. The quantitative estimate of drug-likeness (QED) is 0.375. The molecule has 0 amide bonds. The summed E-state index contributed by atoms with van der Waals surface area (Å²) in [4.78, 5) is 2.62. The number of nitrogens with zero attached hydrogens (tertiary/aromatic N) is 1. The molecule has 2 aromatic rings. The lowest BCUT2D eigenvalue weighted by molar-refractivity contribution is 0.00722. The molecule has 3 heterocycles. The Morgan fingerprint density at radius 1 is 0.960 bits per heavy atom. The van der Waals surface area contributed by atoms with Crippen molar-refractivity contribution in [2.45, 2.75) is 25.4 Å². The maximum absolute atomic E-state index is 14.6. The molecule has 8 heteroatoms. The van der Waals surface area contributed by atoms with Crippen LogP contribution < -0.4 is 9.80 Å². The van der Waals surface area contributed by atoms with E-state index < -0.39 is 23.3 Å². The van der Waals surface area contributed by atoms with Crippen molar-refractivity contribution in [2.24, 2.45) is 0 Å². The van der Waals surface area contributed by atoms with Crippen LogP contribution in [0, 0.1) is 23.3 Å². The van der Waals surface area contributed by atoms with Gasteiger partial charge >= 0.3 is 0 Å². The van der Waals surface area contributed by atoms with E-state index in [1.807, 2.05) is 0 Å². The summed E-state index contributed by atoms with van der Waals surface area (Å²) in [5, 5.41) is 3.26. The van der Waals surface area contributed by atoms with Gasteiger partial charge in [-0.2, -0.15) is 0 Å². The van der Waals surface area contributed by atoms with Gasteiger partial charge in [-0.1, -0.05) is 0 Å². The first kappa shape index (κ1) is 16.8. The number of rotatable bonds is 2. The van der Waals surface area contributed by atoms with E-state index in [2.05, 4.69) is 10.3 Å². The first-order valence-electron chi connectivity index (χ1n) is 8.58. The summed E-state index contributed by atoms with van der Waals surface area (Å²) in [5.74, 6) is -6.29. The fourth-order valence-corrected chi connectivity index (χ4v) is 4.22. The Morgan fingerprint density at radius 3 is 2.36 bits per heavy atom. The van der Waals surface area contributed by atoms with Crippen molar-refractivity contribution in [1.82, 2.24) is 14.8 Å². The van der Waals surface area contributed by atoms with Crippen LogP contribution in [0.15, 0.2) is 6.20 Å². The van der Waals surface area contributed by atoms with E-state index in [0.717, 1.165) is 25.8 Å². The van der Waals surface area contributed by atoms with E-state index in [9.17, 15) is 17.6 Å². The van der Waals surface area contributed by atoms with Crippen LogP contribution in [0.3, 0.4) is 0 Å². The molecule has 2 aliphatic rings. The van der Waals surface area contributed by atoms with E-state index in [0.29, 0.717) is 36.5 Å². The Balaban J connectivity index is 1.93. The monoisotopic (exact) mass is 358 g/mol. The van der Waals surface area contributed by atoms with Gasteiger partial charge in [0.05, 0.1) is 24.9 Å². The Hall–Kier alpha value is -1.64. The first-order valence-corrected chi connectivity index (χ1v) is 8.58.